The van der Waals surface area contributed by atoms with Gasteiger partial charge in [0, 0.05) is 23.4 Å². The van der Waals surface area contributed by atoms with E-state index in [0.717, 1.165) is 0 Å². The summed E-state index contributed by atoms with van der Waals surface area (Å²) in [6, 6.07) is 10.6. The van der Waals surface area contributed by atoms with Crippen molar-refractivity contribution in [1.29, 1.82) is 0 Å². The van der Waals surface area contributed by atoms with Crippen LogP contribution in [0.5, 0.6) is 5.75 Å². The highest BCUT2D eigenvalue weighted by atomic mass is 35.5. The van der Waals surface area contributed by atoms with E-state index in [9.17, 15) is 14.9 Å². The quantitative estimate of drug-likeness (QED) is 0.542. The fourth-order valence-electron chi connectivity index (χ4n) is 2.08. The van der Waals surface area contributed by atoms with Gasteiger partial charge in [-0.05, 0) is 24.3 Å². The van der Waals surface area contributed by atoms with E-state index in [1.165, 1.54) is 28.7 Å². The average molecular weight is 332 g/mol. The molecular formula is C15H10ClN3O4. The minimum atomic E-state index is -0.579. The number of aromatic nitrogens is 2. The van der Waals surface area contributed by atoms with Crippen molar-refractivity contribution in [3.05, 3.63) is 79.8 Å². The minimum Gasteiger partial charge on any atom is -0.480 e. The Labute approximate surface area is 134 Å². The summed E-state index contributed by atoms with van der Waals surface area (Å²) in [4.78, 5) is 26.7. The molecule has 116 valence electrons. The van der Waals surface area contributed by atoms with Crippen molar-refractivity contribution < 1.29 is 9.66 Å². The van der Waals surface area contributed by atoms with Gasteiger partial charge in [-0.2, -0.15) is 0 Å². The van der Waals surface area contributed by atoms with Crippen LogP contribution in [0.2, 0.25) is 5.02 Å². The molecule has 7 nitrogen and oxygen atoms in total. The van der Waals surface area contributed by atoms with Crippen molar-refractivity contribution in [3.8, 4) is 5.75 Å². The maximum Gasteiger partial charge on any atom is 0.312 e. The Balaban J connectivity index is 1.90. The molecule has 0 radical (unpaired) electrons. The van der Waals surface area contributed by atoms with Gasteiger partial charge in [-0.1, -0.05) is 17.7 Å². The number of ether oxygens (including phenoxy) is 1. The lowest BCUT2D eigenvalue weighted by Gasteiger charge is -2.07. The average Bonchev–Trinajstić information content (AvgIpc) is 2.53. The van der Waals surface area contributed by atoms with Gasteiger partial charge in [0.2, 0.25) is 0 Å². The monoisotopic (exact) mass is 331 g/mol. The number of nitro groups is 1. The summed E-state index contributed by atoms with van der Waals surface area (Å²) in [6.45, 7) is -0.0664. The first-order valence-electron chi connectivity index (χ1n) is 6.58. The molecule has 0 saturated heterocycles. The summed E-state index contributed by atoms with van der Waals surface area (Å²) in [5.74, 6) is 0.0643. The third-order valence-electron chi connectivity index (χ3n) is 3.12. The predicted molar refractivity (Wildman–Crippen MR) is 83.9 cm³/mol. The smallest absolute Gasteiger partial charge is 0.312 e. The van der Waals surface area contributed by atoms with Crippen LogP contribution < -0.4 is 10.3 Å². The molecule has 0 fully saturated rings. The molecule has 3 aromatic rings. The van der Waals surface area contributed by atoms with Gasteiger partial charge in [-0.25, -0.2) is 4.98 Å². The van der Waals surface area contributed by atoms with Crippen LogP contribution in [-0.4, -0.2) is 14.3 Å². The Hall–Kier alpha value is -2.93. The third-order valence-corrected chi connectivity index (χ3v) is 3.35. The molecule has 0 atom stereocenters. The topological polar surface area (TPSA) is 86.7 Å². The molecule has 0 amide bonds. The molecule has 0 saturated carbocycles. The molecule has 0 aliphatic heterocycles. The molecule has 23 heavy (non-hydrogen) atoms. The van der Waals surface area contributed by atoms with Crippen molar-refractivity contribution in [2.75, 3.05) is 0 Å². The van der Waals surface area contributed by atoms with Gasteiger partial charge in [-0.3, -0.25) is 19.3 Å². The van der Waals surface area contributed by atoms with E-state index in [1.807, 2.05) is 0 Å². The van der Waals surface area contributed by atoms with E-state index >= 15 is 0 Å². The molecule has 1 aromatic carbocycles. The number of pyridine rings is 1. The van der Waals surface area contributed by atoms with Crippen LogP contribution in [0.1, 0.15) is 5.69 Å². The zero-order valence-electron chi connectivity index (χ0n) is 11.7. The van der Waals surface area contributed by atoms with Crippen LogP contribution in [0.15, 0.2) is 53.5 Å². The minimum absolute atomic E-state index is 0.0643. The molecule has 2 heterocycles. The lowest BCUT2D eigenvalue weighted by molar-refractivity contribution is -0.385. The molecule has 0 aliphatic rings. The summed E-state index contributed by atoms with van der Waals surface area (Å²) in [6.07, 6.45) is 1.61. The lowest BCUT2D eigenvalue weighted by atomic mass is 10.3. The van der Waals surface area contributed by atoms with Crippen molar-refractivity contribution in [2.24, 2.45) is 0 Å². The van der Waals surface area contributed by atoms with E-state index < -0.39 is 4.92 Å². The van der Waals surface area contributed by atoms with E-state index in [1.54, 1.807) is 24.4 Å². The molecule has 0 bridgehead atoms. The second kappa shape index (κ2) is 6.05. The Morgan fingerprint density at radius 1 is 1.26 bits per heavy atom. The summed E-state index contributed by atoms with van der Waals surface area (Å²) in [5, 5.41) is 11.3. The largest absolute Gasteiger partial charge is 0.480 e. The predicted octanol–water partition coefficient (Wildman–Crippen LogP) is 2.84. The summed E-state index contributed by atoms with van der Waals surface area (Å²) >= 11 is 5.75. The molecule has 8 heteroatoms. The van der Waals surface area contributed by atoms with Crippen molar-refractivity contribution in [2.45, 2.75) is 6.61 Å². The lowest BCUT2D eigenvalue weighted by Crippen LogP contribution is -2.16. The van der Waals surface area contributed by atoms with E-state index in [0.29, 0.717) is 11.3 Å². The van der Waals surface area contributed by atoms with Gasteiger partial charge >= 0.3 is 5.69 Å². The fraction of sp³-hybridized carbons (Fsp3) is 0.0667. The standard InChI is InChI=1S/C15H10ClN3O4/c16-10-4-5-13(12(7-10)19(21)22)23-9-11-8-15(20)18-6-2-1-3-14(18)17-11/h1-8H,9H2. The van der Waals surface area contributed by atoms with Gasteiger partial charge in [0.05, 0.1) is 10.6 Å². The molecule has 0 N–H and O–H groups in total. The van der Waals surface area contributed by atoms with Gasteiger partial charge in [0.1, 0.15) is 12.3 Å². The van der Waals surface area contributed by atoms with Crippen molar-refractivity contribution >= 4 is 22.9 Å². The van der Waals surface area contributed by atoms with Crippen LogP contribution in [0.25, 0.3) is 5.65 Å². The first kappa shape index (κ1) is 15.0. The second-order valence-corrected chi connectivity index (χ2v) is 5.11. The van der Waals surface area contributed by atoms with Gasteiger partial charge in [0.15, 0.2) is 5.75 Å². The highest BCUT2D eigenvalue weighted by molar-refractivity contribution is 6.30. The summed E-state index contributed by atoms with van der Waals surface area (Å²) < 4.78 is 6.83. The van der Waals surface area contributed by atoms with Crippen LogP contribution in [0.3, 0.4) is 0 Å². The number of fused-ring (bicyclic) bond motifs is 1. The third kappa shape index (κ3) is 3.14. The maximum absolute atomic E-state index is 12.0. The zero-order chi connectivity index (χ0) is 16.4. The van der Waals surface area contributed by atoms with E-state index in [2.05, 4.69) is 4.98 Å². The van der Waals surface area contributed by atoms with Crippen molar-refractivity contribution in [3.63, 3.8) is 0 Å². The second-order valence-electron chi connectivity index (χ2n) is 4.67. The van der Waals surface area contributed by atoms with Crippen LogP contribution in [-0.2, 0) is 6.61 Å². The summed E-state index contributed by atoms with van der Waals surface area (Å²) in [5.41, 5.74) is 0.365. The molecule has 2 aromatic heterocycles. The molecule has 0 aliphatic carbocycles. The molecule has 3 rings (SSSR count). The maximum atomic E-state index is 12.0. The fourth-order valence-corrected chi connectivity index (χ4v) is 2.25. The van der Waals surface area contributed by atoms with Gasteiger partial charge in [0.25, 0.3) is 5.56 Å². The Kier molecular flexibility index (Phi) is 3.94. The highest BCUT2D eigenvalue weighted by Gasteiger charge is 2.16. The molecule has 0 unspecified atom stereocenters. The Morgan fingerprint density at radius 2 is 2.09 bits per heavy atom. The van der Waals surface area contributed by atoms with Gasteiger partial charge < -0.3 is 4.74 Å². The highest BCUT2D eigenvalue weighted by Crippen LogP contribution is 2.30. The normalized spacial score (nSPS) is 10.7. The first-order chi connectivity index (χ1) is 11.0. The van der Waals surface area contributed by atoms with Gasteiger partial charge in [-0.15, -0.1) is 0 Å². The first-order valence-corrected chi connectivity index (χ1v) is 6.96. The van der Waals surface area contributed by atoms with E-state index in [4.69, 9.17) is 16.3 Å². The number of nitro benzene ring substituents is 1. The number of rotatable bonds is 4. The van der Waals surface area contributed by atoms with E-state index in [-0.39, 0.29) is 28.6 Å². The molecular weight excluding hydrogens is 322 g/mol. The number of halogens is 1. The number of nitrogens with zero attached hydrogens (tertiary/aromatic N) is 3. The summed E-state index contributed by atoms with van der Waals surface area (Å²) in [7, 11) is 0. The van der Waals surface area contributed by atoms with Crippen LogP contribution in [0.4, 0.5) is 5.69 Å². The number of hydrogen-bond acceptors (Lipinski definition) is 5. The van der Waals surface area contributed by atoms with Crippen LogP contribution in [0, 0.1) is 10.1 Å². The Morgan fingerprint density at radius 3 is 2.87 bits per heavy atom. The Bertz CT molecular complexity index is 955. The number of hydrogen-bond donors (Lipinski definition) is 0. The number of benzene rings is 1. The van der Waals surface area contributed by atoms with Crippen LogP contribution >= 0.6 is 11.6 Å². The zero-order valence-corrected chi connectivity index (χ0v) is 12.4. The molecule has 0 spiro atoms. The van der Waals surface area contributed by atoms with Crippen molar-refractivity contribution in [1.82, 2.24) is 9.38 Å². The SMILES string of the molecule is O=c1cc(COc2ccc(Cl)cc2[N+](=O)[O-])nc2ccccn12.